The van der Waals surface area contributed by atoms with Crippen LogP contribution in [-0.2, 0) is 0 Å². The molecule has 6 heteroatoms. The van der Waals surface area contributed by atoms with Crippen molar-refractivity contribution in [2.45, 2.75) is 44.9 Å². The van der Waals surface area contributed by atoms with E-state index in [1.165, 1.54) is 50.3 Å². The molecular formula is C18H23ClN2O3. The number of hydrogen-bond donors (Lipinski definition) is 1. The van der Waals surface area contributed by atoms with Crippen LogP contribution in [0.15, 0.2) is 18.2 Å². The summed E-state index contributed by atoms with van der Waals surface area (Å²) in [5.74, 6) is 0.483. The minimum absolute atomic E-state index is 0. The molecule has 2 aliphatic carbocycles. The van der Waals surface area contributed by atoms with E-state index in [2.05, 4.69) is 5.32 Å². The first-order valence-corrected chi connectivity index (χ1v) is 8.59. The summed E-state index contributed by atoms with van der Waals surface area (Å²) in [6, 6.07) is 3.97. The Hall–Kier alpha value is -1.62. The lowest BCUT2D eigenvalue weighted by atomic mass is 9.62. The van der Waals surface area contributed by atoms with Crippen LogP contribution in [0.3, 0.4) is 0 Å². The molecule has 0 heterocycles. The van der Waals surface area contributed by atoms with Crippen LogP contribution in [-0.4, -0.2) is 17.4 Å². The largest absolute Gasteiger partial charge is 0.351 e. The first-order valence-electron chi connectivity index (χ1n) is 8.21. The van der Waals surface area contributed by atoms with Crippen LogP contribution in [0, 0.1) is 28.9 Å². The molecule has 2 saturated carbocycles. The van der Waals surface area contributed by atoms with E-state index in [0.717, 1.165) is 18.8 Å². The molecule has 0 spiro atoms. The van der Waals surface area contributed by atoms with Crippen LogP contribution in [0.25, 0.3) is 0 Å². The molecule has 0 saturated heterocycles. The lowest BCUT2D eigenvalue weighted by Gasteiger charge is -2.45. The number of amides is 1. The van der Waals surface area contributed by atoms with Gasteiger partial charge in [0.2, 0.25) is 0 Å². The highest BCUT2D eigenvalue weighted by Gasteiger charge is 2.39. The van der Waals surface area contributed by atoms with Gasteiger partial charge in [0.05, 0.1) is 15.5 Å². The minimum Gasteiger partial charge on any atom is -0.351 e. The van der Waals surface area contributed by atoms with E-state index in [1.54, 1.807) is 0 Å². The number of non-ortho nitro benzene ring substituents is 1. The molecule has 24 heavy (non-hydrogen) atoms. The van der Waals surface area contributed by atoms with Gasteiger partial charge in [-0.1, -0.05) is 44.7 Å². The zero-order valence-corrected chi connectivity index (χ0v) is 14.5. The van der Waals surface area contributed by atoms with Gasteiger partial charge in [0, 0.05) is 18.7 Å². The first kappa shape index (κ1) is 18.7. The summed E-state index contributed by atoms with van der Waals surface area (Å²) in [5.41, 5.74) is 0.276. The monoisotopic (exact) mass is 350 g/mol. The Balaban J connectivity index is 0.00000208. The number of hydrogen-bond acceptors (Lipinski definition) is 3. The normalized spacial score (nSPS) is 25.5. The summed E-state index contributed by atoms with van der Waals surface area (Å²) in [4.78, 5) is 22.8. The first-order chi connectivity index (χ1) is 11.0. The van der Waals surface area contributed by atoms with Gasteiger partial charge in [0.15, 0.2) is 0 Å². The fourth-order valence-electron chi connectivity index (χ4n) is 4.23. The van der Waals surface area contributed by atoms with E-state index in [0.29, 0.717) is 6.54 Å². The number of nitrogens with one attached hydrogen (secondary N) is 1. The summed E-state index contributed by atoms with van der Waals surface area (Å²) in [6.07, 6.45) is 8.60. The number of halogens is 1. The number of carbonyl (C=O) groups excluding carboxylic acids is 1. The van der Waals surface area contributed by atoms with Gasteiger partial charge >= 0.3 is 0 Å². The van der Waals surface area contributed by atoms with Crippen molar-refractivity contribution >= 4 is 23.2 Å². The van der Waals surface area contributed by atoms with Gasteiger partial charge in [0.25, 0.3) is 11.6 Å². The van der Waals surface area contributed by atoms with E-state index in [1.807, 2.05) is 0 Å². The molecule has 0 aromatic heterocycles. The third kappa shape index (κ3) is 3.89. The fraction of sp³-hybridized carbons (Fsp3) is 0.556. The van der Waals surface area contributed by atoms with Crippen LogP contribution in [0.2, 0.25) is 5.02 Å². The zero-order chi connectivity index (χ0) is 16.4. The van der Waals surface area contributed by atoms with E-state index in [9.17, 15) is 14.9 Å². The average molecular weight is 351 g/mol. The van der Waals surface area contributed by atoms with E-state index < -0.39 is 4.92 Å². The molecule has 130 valence electrons. The van der Waals surface area contributed by atoms with Crippen LogP contribution in [0.4, 0.5) is 5.69 Å². The van der Waals surface area contributed by atoms with Crippen LogP contribution < -0.4 is 5.32 Å². The number of nitro benzene ring substituents is 1. The molecule has 2 bridgehead atoms. The molecule has 5 nitrogen and oxygen atoms in total. The third-order valence-electron chi connectivity index (χ3n) is 5.39. The predicted molar refractivity (Wildman–Crippen MR) is 94.0 cm³/mol. The van der Waals surface area contributed by atoms with E-state index >= 15 is 0 Å². The second-order valence-corrected chi connectivity index (χ2v) is 7.37. The molecule has 2 aliphatic rings. The highest BCUT2D eigenvalue weighted by molar-refractivity contribution is 6.33. The molecule has 2 fully saturated rings. The maximum absolute atomic E-state index is 12.4. The van der Waals surface area contributed by atoms with Gasteiger partial charge in [-0.15, -0.1) is 0 Å². The molecule has 1 aromatic rings. The summed E-state index contributed by atoms with van der Waals surface area (Å²) in [6.45, 7) is 0.640. The lowest BCUT2D eigenvalue weighted by molar-refractivity contribution is -0.384. The Kier molecular flexibility index (Phi) is 5.86. The minimum atomic E-state index is -0.515. The molecule has 0 atom stereocenters. The van der Waals surface area contributed by atoms with E-state index in [-0.39, 0.29) is 35.0 Å². The lowest BCUT2D eigenvalue weighted by Crippen LogP contribution is -2.43. The van der Waals surface area contributed by atoms with Gasteiger partial charge in [-0.25, -0.2) is 0 Å². The van der Waals surface area contributed by atoms with Gasteiger partial charge in [0.1, 0.15) is 0 Å². The standard InChI is InChI=1S/C17H21ClN2O3.CH2/c18-15-6-5-13(20(22)23)9-14(15)16(21)19-11-17-7-1-3-12(10-17)4-2-8-17;/h5-6,9,12H,1-4,7-8,10-11H2,(H,19,21);1H2. The van der Waals surface area contributed by atoms with Gasteiger partial charge < -0.3 is 5.32 Å². The van der Waals surface area contributed by atoms with Gasteiger partial charge in [-0.2, -0.15) is 0 Å². The Labute approximate surface area is 147 Å². The highest BCUT2D eigenvalue weighted by atomic mass is 35.5. The van der Waals surface area contributed by atoms with Crippen molar-refractivity contribution in [1.82, 2.24) is 5.32 Å². The smallest absolute Gasteiger partial charge is 0.270 e. The Bertz CT molecular complexity index is 623. The van der Waals surface area contributed by atoms with Crippen molar-refractivity contribution in [3.8, 4) is 0 Å². The summed E-state index contributed by atoms with van der Waals surface area (Å²) in [5, 5.41) is 14.1. The summed E-state index contributed by atoms with van der Waals surface area (Å²) in [7, 11) is 0. The quantitative estimate of drug-likeness (QED) is 0.633. The number of carbonyl (C=O) groups is 1. The molecule has 0 unspecified atom stereocenters. The highest BCUT2D eigenvalue weighted by Crippen LogP contribution is 2.48. The topological polar surface area (TPSA) is 72.2 Å². The summed E-state index contributed by atoms with van der Waals surface area (Å²) >= 11 is 6.04. The number of nitrogens with zero attached hydrogens (tertiary/aromatic N) is 1. The predicted octanol–water partition coefficient (Wildman–Crippen LogP) is 4.67. The number of rotatable bonds is 4. The average Bonchev–Trinajstić information content (AvgIpc) is 2.53. The maximum Gasteiger partial charge on any atom is 0.270 e. The van der Waals surface area contributed by atoms with E-state index in [4.69, 9.17) is 11.6 Å². The fourth-order valence-corrected chi connectivity index (χ4v) is 4.44. The van der Waals surface area contributed by atoms with Crippen molar-refractivity contribution in [3.63, 3.8) is 0 Å². The molecule has 3 rings (SSSR count). The number of nitro groups is 1. The number of benzene rings is 1. The Morgan fingerprint density at radius 3 is 2.62 bits per heavy atom. The SMILES string of the molecule is O=C(NCC12CCCC(CCC1)C2)c1cc([N+](=O)[O-])ccc1Cl.[CH2]. The third-order valence-corrected chi connectivity index (χ3v) is 5.72. The van der Waals surface area contributed by atoms with Crippen LogP contribution in [0.5, 0.6) is 0 Å². The zero-order valence-electron chi connectivity index (χ0n) is 13.7. The molecular weight excluding hydrogens is 328 g/mol. The number of fused-ring (bicyclic) bond motifs is 2. The van der Waals surface area contributed by atoms with Crippen LogP contribution >= 0.6 is 11.6 Å². The second-order valence-electron chi connectivity index (χ2n) is 6.96. The van der Waals surface area contributed by atoms with Crippen LogP contribution in [0.1, 0.15) is 55.3 Å². The van der Waals surface area contributed by atoms with Crippen molar-refractivity contribution < 1.29 is 9.72 Å². The molecule has 1 N–H and O–H groups in total. The molecule has 0 aliphatic heterocycles. The maximum atomic E-state index is 12.4. The molecule has 1 aromatic carbocycles. The Morgan fingerprint density at radius 1 is 1.33 bits per heavy atom. The van der Waals surface area contributed by atoms with Crippen molar-refractivity contribution in [3.05, 3.63) is 46.3 Å². The summed E-state index contributed by atoms with van der Waals surface area (Å²) < 4.78 is 0. The Morgan fingerprint density at radius 2 is 2.00 bits per heavy atom. The van der Waals surface area contributed by atoms with Gasteiger partial charge in [-0.3, -0.25) is 14.9 Å². The van der Waals surface area contributed by atoms with Crippen molar-refractivity contribution in [2.75, 3.05) is 6.54 Å². The van der Waals surface area contributed by atoms with Gasteiger partial charge in [-0.05, 0) is 36.7 Å². The van der Waals surface area contributed by atoms with Crippen molar-refractivity contribution in [1.29, 1.82) is 0 Å². The second kappa shape index (κ2) is 7.51. The van der Waals surface area contributed by atoms with Crippen molar-refractivity contribution in [2.24, 2.45) is 11.3 Å². The molecule has 2 radical (unpaired) electrons. The molecule has 1 amide bonds.